The van der Waals surface area contributed by atoms with Gasteiger partial charge in [0, 0.05) is 0 Å². The first kappa shape index (κ1) is 12.3. The summed E-state index contributed by atoms with van der Waals surface area (Å²) < 4.78 is 5.98. The molecule has 104 valence electrons. The van der Waals surface area contributed by atoms with Gasteiger partial charge in [-0.05, 0) is 30.2 Å². The fourth-order valence-corrected chi connectivity index (χ4v) is 3.15. The number of ether oxygens (including phenoxy) is 1. The summed E-state index contributed by atoms with van der Waals surface area (Å²) in [6.07, 6.45) is 0. The normalized spacial score (nSPS) is 26.1. The molecular formula is C17H14N2O2. The van der Waals surface area contributed by atoms with Crippen molar-refractivity contribution in [2.24, 2.45) is 10.2 Å². The lowest BCUT2D eigenvalue weighted by atomic mass is 9.84. The van der Waals surface area contributed by atoms with E-state index in [0.29, 0.717) is 17.9 Å². The Hall–Kier alpha value is -2.49. The van der Waals surface area contributed by atoms with Gasteiger partial charge in [-0.25, -0.2) is 0 Å². The third-order valence-corrected chi connectivity index (χ3v) is 4.24. The molecule has 4 rings (SSSR count). The number of nitrogens with zero attached hydrogens (tertiary/aromatic N) is 2. The van der Waals surface area contributed by atoms with Crippen LogP contribution in [-0.4, -0.2) is 18.1 Å². The maximum atomic E-state index is 12.8. The molecular weight excluding hydrogens is 264 g/mol. The van der Waals surface area contributed by atoms with Crippen molar-refractivity contribution in [3.63, 3.8) is 0 Å². The van der Waals surface area contributed by atoms with Crippen LogP contribution >= 0.6 is 0 Å². The number of fused-ring (bicyclic) bond motifs is 1. The molecule has 4 heteroatoms. The third-order valence-electron chi connectivity index (χ3n) is 4.24. The smallest absolute Gasteiger partial charge is 0.290 e. The highest BCUT2D eigenvalue weighted by Crippen LogP contribution is 2.47. The molecule has 2 atom stereocenters. The van der Waals surface area contributed by atoms with E-state index in [4.69, 9.17) is 4.74 Å². The molecule has 1 spiro atoms. The molecule has 0 saturated heterocycles. The zero-order chi connectivity index (χ0) is 14.4. The van der Waals surface area contributed by atoms with Crippen molar-refractivity contribution < 1.29 is 9.53 Å². The molecule has 2 aromatic carbocycles. The van der Waals surface area contributed by atoms with Gasteiger partial charge in [-0.2, -0.15) is 5.11 Å². The number of aryl methyl sites for hydroxylation is 1. The molecule has 2 aromatic rings. The van der Waals surface area contributed by atoms with E-state index in [1.54, 1.807) is 6.07 Å². The number of Topliss-reactive ketones (excluding diaryl/α,β-unsaturated/α-hetero) is 1. The first-order chi connectivity index (χ1) is 10.2. The highest BCUT2D eigenvalue weighted by molar-refractivity contribution is 6.08. The molecule has 0 unspecified atom stereocenters. The Balaban J connectivity index is 1.84. The number of benzene rings is 2. The van der Waals surface area contributed by atoms with E-state index >= 15 is 0 Å². The Labute approximate surface area is 122 Å². The number of azo groups is 1. The van der Waals surface area contributed by atoms with Gasteiger partial charge in [0.2, 0.25) is 5.78 Å². The van der Waals surface area contributed by atoms with E-state index in [9.17, 15) is 4.79 Å². The second kappa shape index (κ2) is 4.25. The molecule has 2 heterocycles. The van der Waals surface area contributed by atoms with Crippen molar-refractivity contribution in [2.45, 2.75) is 18.6 Å². The predicted molar refractivity (Wildman–Crippen MR) is 77.8 cm³/mol. The molecule has 2 aliphatic rings. The van der Waals surface area contributed by atoms with Crippen LogP contribution in [0.1, 0.15) is 27.4 Å². The standard InChI is InChI=1S/C17H14N2O2/c1-11-6-2-3-7-12(11)14-10-18-19-17(14)16(20)13-8-4-5-9-15(13)21-17/h2-9,14H,10H2,1H3/t14-,17+/m1/s1. The van der Waals surface area contributed by atoms with Crippen molar-refractivity contribution >= 4 is 5.78 Å². The predicted octanol–water partition coefficient (Wildman–Crippen LogP) is 3.52. The van der Waals surface area contributed by atoms with Crippen molar-refractivity contribution in [1.29, 1.82) is 0 Å². The molecule has 2 aliphatic heterocycles. The Morgan fingerprint density at radius 2 is 1.90 bits per heavy atom. The van der Waals surface area contributed by atoms with Crippen molar-refractivity contribution in [3.05, 3.63) is 65.2 Å². The number of carbonyl (C=O) groups excluding carboxylic acids is 1. The fourth-order valence-electron chi connectivity index (χ4n) is 3.15. The minimum Gasteiger partial charge on any atom is -0.455 e. The fraction of sp³-hybridized carbons (Fsp3) is 0.235. The number of hydrogen-bond donors (Lipinski definition) is 0. The van der Waals surface area contributed by atoms with E-state index in [1.165, 1.54) is 0 Å². The first-order valence-corrected chi connectivity index (χ1v) is 6.99. The van der Waals surface area contributed by atoms with Crippen LogP contribution < -0.4 is 4.74 Å². The van der Waals surface area contributed by atoms with Crippen molar-refractivity contribution in [3.8, 4) is 5.75 Å². The van der Waals surface area contributed by atoms with Crippen LogP contribution in [-0.2, 0) is 0 Å². The average Bonchev–Trinajstić information content (AvgIpc) is 3.04. The van der Waals surface area contributed by atoms with E-state index in [0.717, 1.165) is 11.1 Å². The Bertz CT molecular complexity index is 769. The Morgan fingerprint density at radius 3 is 2.71 bits per heavy atom. The van der Waals surface area contributed by atoms with E-state index in [-0.39, 0.29) is 11.7 Å². The number of para-hydroxylation sites is 1. The number of hydrogen-bond acceptors (Lipinski definition) is 4. The summed E-state index contributed by atoms with van der Waals surface area (Å²) in [4.78, 5) is 12.8. The summed E-state index contributed by atoms with van der Waals surface area (Å²) in [5.41, 5.74) is 1.58. The highest BCUT2D eigenvalue weighted by atomic mass is 16.5. The van der Waals surface area contributed by atoms with Crippen LogP contribution in [0, 0.1) is 6.92 Å². The van der Waals surface area contributed by atoms with Gasteiger partial charge >= 0.3 is 0 Å². The summed E-state index contributed by atoms with van der Waals surface area (Å²) in [5, 5.41) is 8.34. The van der Waals surface area contributed by atoms with Crippen molar-refractivity contribution in [1.82, 2.24) is 0 Å². The van der Waals surface area contributed by atoms with Crippen LogP contribution in [0.25, 0.3) is 0 Å². The van der Waals surface area contributed by atoms with Crippen molar-refractivity contribution in [2.75, 3.05) is 6.54 Å². The lowest BCUT2D eigenvalue weighted by Crippen LogP contribution is -2.42. The van der Waals surface area contributed by atoms with Crippen LogP contribution in [0.15, 0.2) is 58.8 Å². The lowest BCUT2D eigenvalue weighted by Gasteiger charge is -2.26. The van der Waals surface area contributed by atoms with Gasteiger partial charge in [-0.15, -0.1) is 5.11 Å². The van der Waals surface area contributed by atoms with Crippen LogP contribution in [0.2, 0.25) is 0 Å². The molecule has 0 N–H and O–H groups in total. The van der Waals surface area contributed by atoms with Crippen LogP contribution in [0.5, 0.6) is 5.75 Å². The van der Waals surface area contributed by atoms with Gasteiger partial charge in [0.15, 0.2) is 0 Å². The summed E-state index contributed by atoms with van der Waals surface area (Å²) in [7, 11) is 0. The SMILES string of the molecule is Cc1ccccc1[C@H]1CN=N[C@]12Oc1ccccc1C2=O. The van der Waals surface area contributed by atoms with Gasteiger partial charge in [0.1, 0.15) is 5.75 Å². The second-order valence-corrected chi connectivity index (χ2v) is 5.46. The highest BCUT2D eigenvalue weighted by Gasteiger charge is 2.57. The van der Waals surface area contributed by atoms with Gasteiger partial charge in [-0.3, -0.25) is 4.79 Å². The molecule has 0 aromatic heterocycles. The van der Waals surface area contributed by atoms with Gasteiger partial charge < -0.3 is 4.74 Å². The third kappa shape index (κ3) is 1.59. The van der Waals surface area contributed by atoms with Crippen LogP contribution in [0.3, 0.4) is 0 Å². The maximum absolute atomic E-state index is 12.8. The molecule has 0 bridgehead atoms. The zero-order valence-corrected chi connectivity index (χ0v) is 11.6. The maximum Gasteiger partial charge on any atom is 0.290 e. The Morgan fingerprint density at radius 1 is 1.14 bits per heavy atom. The topological polar surface area (TPSA) is 51.0 Å². The number of rotatable bonds is 1. The molecule has 21 heavy (non-hydrogen) atoms. The van der Waals surface area contributed by atoms with E-state index in [1.807, 2.05) is 49.4 Å². The largest absolute Gasteiger partial charge is 0.455 e. The monoisotopic (exact) mass is 278 g/mol. The zero-order valence-electron chi connectivity index (χ0n) is 11.6. The molecule has 0 fully saturated rings. The van der Waals surface area contributed by atoms with E-state index in [2.05, 4.69) is 10.2 Å². The summed E-state index contributed by atoms with van der Waals surface area (Å²) in [5.74, 6) is 0.341. The molecule has 0 aliphatic carbocycles. The molecule has 0 saturated carbocycles. The summed E-state index contributed by atoms with van der Waals surface area (Å²) in [6, 6.07) is 15.3. The minimum absolute atomic E-state index is 0.0902. The molecule has 0 amide bonds. The summed E-state index contributed by atoms with van der Waals surface area (Å²) in [6.45, 7) is 2.51. The van der Waals surface area contributed by atoms with E-state index < -0.39 is 5.72 Å². The van der Waals surface area contributed by atoms with Gasteiger partial charge in [0.05, 0.1) is 18.0 Å². The lowest BCUT2D eigenvalue weighted by molar-refractivity contribution is 0.0535. The van der Waals surface area contributed by atoms with Crippen LogP contribution in [0.4, 0.5) is 0 Å². The Kier molecular flexibility index (Phi) is 2.48. The summed E-state index contributed by atoms with van der Waals surface area (Å²) >= 11 is 0. The second-order valence-electron chi connectivity index (χ2n) is 5.46. The first-order valence-electron chi connectivity index (χ1n) is 6.99. The number of carbonyl (C=O) groups is 1. The van der Waals surface area contributed by atoms with Gasteiger partial charge in [-0.1, -0.05) is 36.4 Å². The quantitative estimate of drug-likeness (QED) is 0.801. The molecule has 0 radical (unpaired) electrons. The minimum atomic E-state index is -1.21. The molecule has 4 nitrogen and oxygen atoms in total. The van der Waals surface area contributed by atoms with Gasteiger partial charge in [0.25, 0.3) is 5.72 Å². The average molecular weight is 278 g/mol. The number of ketones is 1.